The summed E-state index contributed by atoms with van der Waals surface area (Å²) < 4.78 is 14.5. The zero-order valence-corrected chi connectivity index (χ0v) is 9.73. The summed E-state index contributed by atoms with van der Waals surface area (Å²) in [6.07, 6.45) is 2.69. The maximum atomic E-state index is 14.5. The van der Waals surface area contributed by atoms with Gasteiger partial charge in [0.15, 0.2) is 0 Å². The second-order valence-electron chi connectivity index (χ2n) is 6.64. The van der Waals surface area contributed by atoms with Gasteiger partial charge in [0.25, 0.3) is 0 Å². The lowest BCUT2D eigenvalue weighted by atomic mass is 9.42. The van der Waals surface area contributed by atoms with Gasteiger partial charge < -0.3 is 10.8 Å². The Morgan fingerprint density at radius 3 is 2.71 bits per heavy atom. The summed E-state index contributed by atoms with van der Waals surface area (Å²) in [5.74, 6) is 0.890. The van der Waals surface area contributed by atoms with Crippen LogP contribution < -0.4 is 5.73 Å². The summed E-state index contributed by atoms with van der Waals surface area (Å²) >= 11 is 0. The van der Waals surface area contributed by atoms with E-state index in [0.29, 0.717) is 30.7 Å². The predicted octanol–water partition coefficient (Wildman–Crippen LogP) is 1.42. The first-order chi connectivity index (χ1) is 8.04. The van der Waals surface area contributed by atoms with Gasteiger partial charge in [-0.15, -0.1) is 0 Å². The van der Waals surface area contributed by atoms with Gasteiger partial charge >= 0.3 is 5.97 Å². The number of carboxylic acids is 1. The van der Waals surface area contributed by atoms with E-state index in [4.69, 9.17) is 10.8 Å². The van der Waals surface area contributed by atoms with Crippen molar-refractivity contribution in [1.82, 2.24) is 0 Å². The Hall–Kier alpha value is -0.640. The summed E-state index contributed by atoms with van der Waals surface area (Å²) in [5, 5.41) is 9.08. The Labute approximate surface area is 99.6 Å². The first-order valence-corrected chi connectivity index (χ1v) is 6.65. The minimum atomic E-state index is -0.931. The van der Waals surface area contributed by atoms with Crippen molar-refractivity contribution in [2.75, 3.05) is 6.54 Å². The Kier molecular flexibility index (Phi) is 1.63. The topological polar surface area (TPSA) is 63.3 Å². The molecule has 0 saturated heterocycles. The summed E-state index contributed by atoms with van der Waals surface area (Å²) in [6.45, 7) is 0.415. The number of hydrogen-bond acceptors (Lipinski definition) is 2. The Bertz CT molecular complexity index is 406. The summed E-state index contributed by atoms with van der Waals surface area (Å²) in [6, 6.07) is 0. The van der Waals surface area contributed by atoms with Crippen molar-refractivity contribution in [3.8, 4) is 0 Å². The SMILES string of the molecule is NC[C@@]1(CC(=O)O)[C@@H]2C[C@@]3(F)[C@@H]4[C@@H]2[C@@H]1CC[C@H]43. The fraction of sp³-hybridized carbons (Fsp3) is 0.923. The van der Waals surface area contributed by atoms with E-state index in [1.165, 1.54) is 0 Å². The van der Waals surface area contributed by atoms with Gasteiger partial charge in [-0.2, -0.15) is 0 Å². The zero-order valence-electron chi connectivity index (χ0n) is 9.73. The van der Waals surface area contributed by atoms with Crippen LogP contribution in [0.4, 0.5) is 4.39 Å². The van der Waals surface area contributed by atoms with Crippen molar-refractivity contribution in [1.29, 1.82) is 0 Å². The van der Waals surface area contributed by atoms with E-state index in [9.17, 15) is 9.18 Å². The van der Waals surface area contributed by atoms with E-state index < -0.39 is 11.6 Å². The highest BCUT2D eigenvalue weighted by Crippen LogP contribution is 2.83. The minimum absolute atomic E-state index is 0.142. The predicted molar refractivity (Wildman–Crippen MR) is 58.9 cm³/mol. The lowest BCUT2D eigenvalue weighted by molar-refractivity contribution is -0.168. The van der Waals surface area contributed by atoms with E-state index in [1.807, 2.05) is 0 Å². The monoisotopic (exact) mass is 239 g/mol. The van der Waals surface area contributed by atoms with Gasteiger partial charge in [0.1, 0.15) is 5.67 Å². The lowest BCUT2D eigenvalue weighted by Crippen LogP contribution is -2.62. The number of halogens is 1. The molecule has 0 aromatic heterocycles. The molecule has 4 fully saturated rings. The number of alkyl halides is 1. The van der Waals surface area contributed by atoms with Crippen molar-refractivity contribution in [2.45, 2.75) is 31.4 Å². The maximum absolute atomic E-state index is 14.5. The van der Waals surface area contributed by atoms with Gasteiger partial charge in [0, 0.05) is 5.92 Å². The summed E-state index contributed by atoms with van der Waals surface area (Å²) in [4.78, 5) is 11.1. The number of nitrogens with two attached hydrogens (primary N) is 1. The second kappa shape index (κ2) is 2.68. The highest BCUT2D eigenvalue weighted by molar-refractivity contribution is 5.68. The molecule has 94 valence electrons. The van der Waals surface area contributed by atoms with Crippen LogP contribution in [0.15, 0.2) is 0 Å². The molecule has 4 aliphatic carbocycles. The average Bonchev–Trinajstić information content (AvgIpc) is 2.72. The first kappa shape index (κ1) is 10.3. The fourth-order valence-electron chi connectivity index (χ4n) is 5.95. The molecular weight excluding hydrogens is 221 g/mol. The molecular formula is C13H18FNO2. The normalized spacial score (nSPS) is 61.6. The van der Waals surface area contributed by atoms with Crippen molar-refractivity contribution in [2.24, 2.45) is 40.7 Å². The fourth-order valence-corrected chi connectivity index (χ4v) is 5.95. The number of rotatable bonds is 3. The van der Waals surface area contributed by atoms with Crippen molar-refractivity contribution < 1.29 is 14.3 Å². The number of carboxylic acid groups (broad SMARTS) is 1. The van der Waals surface area contributed by atoms with Gasteiger partial charge in [-0.25, -0.2) is 4.39 Å². The molecule has 17 heavy (non-hydrogen) atoms. The van der Waals surface area contributed by atoms with E-state index in [-0.39, 0.29) is 23.7 Å². The molecule has 7 atom stereocenters. The van der Waals surface area contributed by atoms with E-state index in [1.54, 1.807) is 0 Å². The summed E-state index contributed by atoms with van der Waals surface area (Å²) in [5.41, 5.74) is 4.66. The van der Waals surface area contributed by atoms with E-state index in [2.05, 4.69) is 0 Å². The van der Waals surface area contributed by atoms with E-state index in [0.717, 1.165) is 12.8 Å². The molecule has 0 radical (unpaired) electrons. The quantitative estimate of drug-likeness (QED) is 0.783. The van der Waals surface area contributed by atoms with Crippen molar-refractivity contribution in [3.63, 3.8) is 0 Å². The van der Waals surface area contributed by atoms with Crippen LogP contribution in [-0.4, -0.2) is 23.3 Å². The standard InChI is InChI=1S/C13H18FNO2/c14-13-3-8-10-6(1-2-7(13)11(10)13)12(8,5-15)4-9(16)17/h6-8,10-11H,1-5,15H2,(H,16,17)/t6-,7+,8+,10+,11-,12+,13-/m0/s1. The average molecular weight is 239 g/mol. The van der Waals surface area contributed by atoms with Gasteiger partial charge in [-0.05, 0) is 54.9 Å². The van der Waals surface area contributed by atoms with Gasteiger partial charge in [0.05, 0.1) is 6.42 Å². The Morgan fingerprint density at radius 1 is 1.35 bits per heavy atom. The molecule has 4 heteroatoms. The van der Waals surface area contributed by atoms with Crippen LogP contribution in [0.25, 0.3) is 0 Å². The molecule has 0 spiro atoms. The van der Waals surface area contributed by atoms with Crippen LogP contribution >= 0.6 is 0 Å². The molecule has 4 rings (SSSR count). The van der Waals surface area contributed by atoms with Crippen molar-refractivity contribution >= 4 is 5.97 Å². The molecule has 0 unspecified atom stereocenters. The largest absolute Gasteiger partial charge is 0.481 e. The Morgan fingerprint density at radius 2 is 2.06 bits per heavy atom. The number of hydrogen-bond donors (Lipinski definition) is 2. The smallest absolute Gasteiger partial charge is 0.303 e. The van der Waals surface area contributed by atoms with Crippen LogP contribution in [0.2, 0.25) is 0 Å². The van der Waals surface area contributed by atoms with Crippen LogP contribution in [-0.2, 0) is 4.79 Å². The van der Waals surface area contributed by atoms with Gasteiger partial charge in [-0.3, -0.25) is 4.79 Å². The van der Waals surface area contributed by atoms with E-state index >= 15 is 0 Å². The third-order valence-electron chi connectivity index (χ3n) is 6.50. The molecule has 3 N–H and O–H groups in total. The third-order valence-corrected chi connectivity index (χ3v) is 6.50. The molecule has 0 amide bonds. The third kappa shape index (κ3) is 0.895. The molecule has 0 heterocycles. The van der Waals surface area contributed by atoms with Crippen LogP contribution in [0, 0.1) is 35.0 Å². The number of aliphatic carboxylic acids is 1. The lowest BCUT2D eigenvalue weighted by Gasteiger charge is -2.62. The summed E-state index contributed by atoms with van der Waals surface area (Å²) in [7, 11) is 0. The maximum Gasteiger partial charge on any atom is 0.303 e. The zero-order chi connectivity index (χ0) is 12.0. The Balaban J connectivity index is 1.69. The molecule has 0 aromatic carbocycles. The van der Waals surface area contributed by atoms with Crippen LogP contribution in [0.1, 0.15) is 25.7 Å². The molecule has 0 aromatic rings. The van der Waals surface area contributed by atoms with Crippen molar-refractivity contribution in [3.05, 3.63) is 0 Å². The van der Waals surface area contributed by atoms with Gasteiger partial charge in [0.2, 0.25) is 0 Å². The number of carbonyl (C=O) groups is 1. The number of fused-ring (bicyclic) bond motifs is 1. The molecule has 4 saturated carbocycles. The van der Waals surface area contributed by atoms with Crippen LogP contribution in [0.5, 0.6) is 0 Å². The highest BCUT2D eigenvalue weighted by Gasteiger charge is 2.84. The minimum Gasteiger partial charge on any atom is -0.481 e. The first-order valence-electron chi connectivity index (χ1n) is 6.65. The highest BCUT2D eigenvalue weighted by atomic mass is 19.1. The molecule has 0 aliphatic heterocycles. The molecule has 0 bridgehead atoms. The second-order valence-corrected chi connectivity index (χ2v) is 6.64. The van der Waals surface area contributed by atoms with Gasteiger partial charge in [-0.1, -0.05) is 0 Å². The molecule has 3 nitrogen and oxygen atoms in total. The molecule has 4 aliphatic rings. The van der Waals surface area contributed by atoms with Crippen LogP contribution in [0.3, 0.4) is 0 Å².